The molecule has 3 aromatic rings. The van der Waals surface area contributed by atoms with Crippen LogP contribution in [0.2, 0.25) is 0 Å². The number of aliphatic imine (C=N–C) groups is 1. The molecule has 1 aliphatic heterocycles. The SMILES string of the molecule is CC1(C)Cc2c(F)cccc2C(c2cnc3c(F)cccc3c2)=N1. The zero-order valence-corrected chi connectivity index (χ0v) is 13.5. The van der Waals surface area contributed by atoms with Crippen LogP contribution in [0.15, 0.2) is 53.7 Å². The Bertz CT molecular complexity index is 990. The van der Waals surface area contributed by atoms with Crippen molar-refractivity contribution in [1.82, 2.24) is 4.98 Å². The van der Waals surface area contributed by atoms with E-state index in [-0.39, 0.29) is 11.6 Å². The predicted octanol–water partition coefficient (Wildman–Crippen LogP) is 4.69. The molecule has 0 N–H and O–H groups in total. The standard InChI is InChI=1S/C20H16F2N2/c1-20(2)10-15-14(6-4-7-16(15)21)18(24-20)13-9-12-5-3-8-17(22)19(12)23-11-13/h3-9,11H,10H2,1-2H3. The molecule has 0 spiro atoms. The number of nitrogens with zero attached hydrogens (tertiary/aromatic N) is 2. The van der Waals surface area contributed by atoms with Gasteiger partial charge in [-0.2, -0.15) is 0 Å². The molecule has 0 aliphatic carbocycles. The lowest BCUT2D eigenvalue weighted by Crippen LogP contribution is -2.30. The van der Waals surface area contributed by atoms with Crippen LogP contribution in [-0.2, 0) is 6.42 Å². The summed E-state index contributed by atoms with van der Waals surface area (Å²) in [4.78, 5) is 9.06. The summed E-state index contributed by atoms with van der Waals surface area (Å²) in [6, 6.07) is 11.8. The maximum Gasteiger partial charge on any atom is 0.149 e. The summed E-state index contributed by atoms with van der Waals surface area (Å²) >= 11 is 0. The van der Waals surface area contributed by atoms with Crippen LogP contribution in [0.1, 0.15) is 30.5 Å². The molecule has 0 unspecified atom stereocenters. The van der Waals surface area contributed by atoms with Crippen LogP contribution in [0.3, 0.4) is 0 Å². The van der Waals surface area contributed by atoms with E-state index in [2.05, 4.69) is 4.98 Å². The van der Waals surface area contributed by atoms with Gasteiger partial charge in [0, 0.05) is 29.1 Å². The van der Waals surface area contributed by atoms with Gasteiger partial charge >= 0.3 is 0 Å². The van der Waals surface area contributed by atoms with Gasteiger partial charge in [-0.15, -0.1) is 0 Å². The number of rotatable bonds is 1. The molecule has 2 heterocycles. The Hall–Kier alpha value is -2.62. The molecule has 2 nitrogen and oxygen atoms in total. The molecular formula is C20H16F2N2. The fourth-order valence-corrected chi connectivity index (χ4v) is 3.27. The van der Waals surface area contributed by atoms with E-state index < -0.39 is 5.54 Å². The van der Waals surface area contributed by atoms with Crippen molar-refractivity contribution in [2.75, 3.05) is 0 Å². The molecular weight excluding hydrogens is 306 g/mol. The lowest BCUT2D eigenvalue weighted by atomic mass is 9.85. The van der Waals surface area contributed by atoms with Crippen LogP contribution in [0.25, 0.3) is 10.9 Å². The lowest BCUT2D eigenvalue weighted by Gasteiger charge is -2.29. The summed E-state index contributed by atoms with van der Waals surface area (Å²) in [5.41, 5.74) is 2.86. The van der Waals surface area contributed by atoms with Gasteiger partial charge in [0.05, 0.1) is 11.3 Å². The van der Waals surface area contributed by atoms with Crippen LogP contribution in [0.5, 0.6) is 0 Å². The minimum absolute atomic E-state index is 0.215. The number of halogens is 2. The minimum atomic E-state index is -0.401. The fraction of sp³-hybridized carbons (Fsp3) is 0.200. The lowest BCUT2D eigenvalue weighted by molar-refractivity contribution is 0.492. The highest BCUT2D eigenvalue weighted by Gasteiger charge is 2.29. The molecule has 120 valence electrons. The van der Waals surface area contributed by atoms with Gasteiger partial charge in [0.1, 0.15) is 17.2 Å². The van der Waals surface area contributed by atoms with Crippen molar-refractivity contribution < 1.29 is 8.78 Å². The predicted molar refractivity (Wildman–Crippen MR) is 91.5 cm³/mol. The third-order valence-corrected chi connectivity index (χ3v) is 4.33. The highest BCUT2D eigenvalue weighted by molar-refractivity contribution is 6.15. The van der Waals surface area contributed by atoms with E-state index in [0.717, 1.165) is 11.1 Å². The molecule has 0 saturated heterocycles. The molecule has 0 fully saturated rings. The van der Waals surface area contributed by atoms with Crippen LogP contribution < -0.4 is 0 Å². The quantitative estimate of drug-likeness (QED) is 0.638. The second kappa shape index (κ2) is 5.20. The summed E-state index contributed by atoms with van der Waals surface area (Å²) in [6.07, 6.45) is 2.16. The summed E-state index contributed by atoms with van der Waals surface area (Å²) < 4.78 is 28.1. The zero-order chi connectivity index (χ0) is 16.9. The molecule has 4 rings (SSSR count). The van der Waals surface area contributed by atoms with Gasteiger partial charge in [0.15, 0.2) is 0 Å². The van der Waals surface area contributed by atoms with Crippen molar-refractivity contribution in [2.45, 2.75) is 25.8 Å². The number of pyridine rings is 1. The number of benzene rings is 2. The Morgan fingerprint density at radius 3 is 2.58 bits per heavy atom. The van der Waals surface area contributed by atoms with Gasteiger partial charge in [-0.3, -0.25) is 9.98 Å². The first-order valence-corrected chi connectivity index (χ1v) is 7.87. The van der Waals surface area contributed by atoms with Crippen molar-refractivity contribution in [3.8, 4) is 0 Å². The van der Waals surface area contributed by atoms with E-state index in [1.54, 1.807) is 18.3 Å². The maximum atomic E-state index is 14.3. The summed E-state index contributed by atoms with van der Waals surface area (Å²) in [5, 5.41) is 0.705. The number of hydrogen-bond acceptors (Lipinski definition) is 2. The first kappa shape index (κ1) is 14.9. The smallest absolute Gasteiger partial charge is 0.149 e. The summed E-state index contributed by atoms with van der Waals surface area (Å²) in [7, 11) is 0. The van der Waals surface area contributed by atoms with Gasteiger partial charge < -0.3 is 0 Å². The third kappa shape index (κ3) is 2.39. The van der Waals surface area contributed by atoms with E-state index in [0.29, 0.717) is 28.6 Å². The Morgan fingerprint density at radius 1 is 1.00 bits per heavy atom. The molecule has 1 aromatic heterocycles. The summed E-state index contributed by atoms with van der Waals surface area (Å²) in [5.74, 6) is -0.566. The number of fused-ring (bicyclic) bond motifs is 2. The first-order chi connectivity index (χ1) is 11.4. The number of aromatic nitrogens is 1. The Balaban J connectivity index is 1.95. The Morgan fingerprint density at radius 2 is 1.75 bits per heavy atom. The van der Waals surface area contributed by atoms with Crippen molar-refractivity contribution in [1.29, 1.82) is 0 Å². The average molecular weight is 322 g/mol. The van der Waals surface area contributed by atoms with Crippen LogP contribution in [-0.4, -0.2) is 16.2 Å². The average Bonchev–Trinajstić information content (AvgIpc) is 2.54. The summed E-state index contributed by atoms with van der Waals surface area (Å²) in [6.45, 7) is 3.97. The van der Waals surface area contributed by atoms with Crippen LogP contribution >= 0.6 is 0 Å². The van der Waals surface area contributed by atoms with E-state index in [1.807, 2.05) is 32.0 Å². The molecule has 0 bridgehead atoms. The number of para-hydroxylation sites is 1. The Labute approximate surface area is 138 Å². The second-order valence-corrected chi connectivity index (χ2v) is 6.75. The van der Waals surface area contributed by atoms with E-state index in [4.69, 9.17) is 4.99 Å². The molecule has 0 amide bonds. The van der Waals surface area contributed by atoms with E-state index >= 15 is 0 Å². The molecule has 0 radical (unpaired) electrons. The van der Waals surface area contributed by atoms with Crippen molar-refractivity contribution >= 4 is 16.6 Å². The van der Waals surface area contributed by atoms with Crippen LogP contribution in [0, 0.1) is 11.6 Å². The van der Waals surface area contributed by atoms with Crippen molar-refractivity contribution in [2.24, 2.45) is 4.99 Å². The second-order valence-electron chi connectivity index (χ2n) is 6.75. The van der Waals surface area contributed by atoms with Gasteiger partial charge in [0.2, 0.25) is 0 Å². The largest absolute Gasteiger partial charge is 0.278 e. The molecule has 1 aliphatic rings. The van der Waals surface area contributed by atoms with Gasteiger partial charge in [-0.25, -0.2) is 8.78 Å². The first-order valence-electron chi connectivity index (χ1n) is 7.87. The minimum Gasteiger partial charge on any atom is -0.278 e. The van der Waals surface area contributed by atoms with Gasteiger partial charge in [0.25, 0.3) is 0 Å². The highest BCUT2D eigenvalue weighted by atomic mass is 19.1. The van der Waals surface area contributed by atoms with Gasteiger partial charge in [-0.05, 0) is 37.6 Å². The third-order valence-electron chi connectivity index (χ3n) is 4.33. The van der Waals surface area contributed by atoms with E-state index in [9.17, 15) is 8.78 Å². The zero-order valence-electron chi connectivity index (χ0n) is 13.5. The number of hydrogen-bond donors (Lipinski definition) is 0. The fourth-order valence-electron chi connectivity index (χ4n) is 3.27. The Kier molecular flexibility index (Phi) is 3.23. The van der Waals surface area contributed by atoms with Gasteiger partial charge in [-0.1, -0.05) is 24.3 Å². The molecule has 0 saturated carbocycles. The van der Waals surface area contributed by atoms with E-state index in [1.165, 1.54) is 12.1 Å². The maximum absolute atomic E-state index is 14.3. The molecule has 24 heavy (non-hydrogen) atoms. The topological polar surface area (TPSA) is 25.2 Å². The highest BCUT2D eigenvalue weighted by Crippen LogP contribution is 2.31. The van der Waals surface area contributed by atoms with Crippen molar-refractivity contribution in [3.05, 3.63) is 77.0 Å². The van der Waals surface area contributed by atoms with Crippen molar-refractivity contribution in [3.63, 3.8) is 0 Å². The normalized spacial score (nSPS) is 15.9. The molecule has 2 aromatic carbocycles. The molecule has 4 heteroatoms. The van der Waals surface area contributed by atoms with Crippen LogP contribution in [0.4, 0.5) is 8.78 Å². The molecule has 0 atom stereocenters. The monoisotopic (exact) mass is 322 g/mol.